The van der Waals surface area contributed by atoms with Gasteiger partial charge in [0.15, 0.2) is 0 Å². The molecular weight excluding hydrogens is 457 g/mol. The first-order valence-electron chi connectivity index (χ1n) is 11.5. The molecule has 1 heterocycles. The van der Waals surface area contributed by atoms with Crippen molar-refractivity contribution < 1.29 is 8.42 Å². The summed E-state index contributed by atoms with van der Waals surface area (Å²) in [4.78, 5) is 0.338. The zero-order valence-electron chi connectivity index (χ0n) is 19.4. The maximum atomic E-state index is 13.8. The highest BCUT2D eigenvalue weighted by Crippen LogP contribution is 2.49. The number of hydrogen-bond acceptors (Lipinski definition) is 2. The second-order valence-corrected chi connectivity index (χ2v) is 13.2. The number of rotatable bonds is 6. The fourth-order valence-corrected chi connectivity index (χ4v) is 9.08. The SMILES string of the molecule is Cc1ccc(S(=O)(=O)N2CC(C)(CP(c3ccccc3)c3ccccc3)c3ccccc32)cc1. The smallest absolute Gasteiger partial charge is 0.264 e. The van der Waals surface area contributed by atoms with Crippen LogP contribution in [0.2, 0.25) is 0 Å². The zero-order valence-corrected chi connectivity index (χ0v) is 21.1. The summed E-state index contributed by atoms with van der Waals surface area (Å²) in [5.74, 6) is 0. The van der Waals surface area contributed by atoms with Crippen LogP contribution in [0.25, 0.3) is 0 Å². The number of sulfonamides is 1. The third kappa shape index (κ3) is 4.17. The highest BCUT2D eigenvalue weighted by Gasteiger charge is 2.45. The molecule has 5 heteroatoms. The quantitative estimate of drug-likeness (QED) is 0.334. The highest BCUT2D eigenvalue weighted by atomic mass is 32.2. The third-order valence-electron chi connectivity index (χ3n) is 6.57. The van der Waals surface area contributed by atoms with Crippen molar-refractivity contribution in [1.29, 1.82) is 0 Å². The van der Waals surface area contributed by atoms with Gasteiger partial charge in [-0.05, 0) is 55.4 Å². The molecule has 1 aliphatic rings. The molecule has 1 unspecified atom stereocenters. The lowest BCUT2D eigenvalue weighted by molar-refractivity contribution is 0.560. The molecule has 0 saturated heterocycles. The van der Waals surface area contributed by atoms with E-state index in [1.807, 2.05) is 49.4 Å². The molecule has 4 aromatic carbocycles. The molecule has 0 aromatic heterocycles. The van der Waals surface area contributed by atoms with Crippen molar-refractivity contribution in [2.75, 3.05) is 17.0 Å². The van der Waals surface area contributed by atoms with E-state index in [-0.39, 0.29) is 5.41 Å². The summed E-state index contributed by atoms with van der Waals surface area (Å²) < 4.78 is 29.1. The number of anilines is 1. The molecule has 1 aliphatic heterocycles. The number of nitrogens with zero attached hydrogens (tertiary/aromatic N) is 1. The van der Waals surface area contributed by atoms with Crippen LogP contribution in [0.3, 0.4) is 0 Å². The number of para-hydroxylation sites is 1. The van der Waals surface area contributed by atoms with Crippen molar-refractivity contribution in [2.45, 2.75) is 24.2 Å². The number of aryl methyl sites for hydroxylation is 1. The van der Waals surface area contributed by atoms with Gasteiger partial charge in [-0.1, -0.05) is 103 Å². The minimum absolute atomic E-state index is 0.314. The normalized spacial score (nSPS) is 17.7. The van der Waals surface area contributed by atoms with E-state index in [2.05, 4.69) is 61.5 Å². The van der Waals surface area contributed by atoms with Crippen LogP contribution in [0.5, 0.6) is 0 Å². The van der Waals surface area contributed by atoms with Gasteiger partial charge < -0.3 is 0 Å². The maximum absolute atomic E-state index is 13.8. The Morgan fingerprint density at radius 1 is 0.765 bits per heavy atom. The van der Waals surface area contributed by atoms with Crippen LogP contribution < -0.4 is 14.9 Å². The van der Waals surface area contributed by atoms with Crippen molar-refractivity contribution in [2.24, 2.45) is 0 Å². The van der Waals surface area contributed by atoms with Gasteiger partial charge in [-0.25, -0.2) is 8.42 Å². The van der Waals surface area contributed by atoms with E-state index >= 15 is 0 Å². The van der Waals surface area contributed by atoms with Crippen LogP contribution >= 0.6 is 7.92 Å². The van der Waals surface area contributed by atoms with E-state index < -0.39 is 17.9 Å². The molecule has 3 nitrogen and oxygen atoms in total. The lowest BCUT2D eigenvalue weighted by atomic mass is 9.87. The standard InChI is InChI=1S/C29H28NO2PS/c1-23-17-19-26(20-18-23)34(31,32)30-21-29(2,27-15-9-10-16-28(27)30)22-33(24-11-5-3-6-12-24)25-13-7-4-8-14-25/h3-20H,21-22H2,1-2H3. The van der Waals surface area contributed by atoms with E-state index in [0.717, 1.165) is 23.0 Å². The Morgan fingerprint density at radius 3 is 1.88 bits per heavy atom. The van der Waals surface area contributed by atoms with Crippen LogP contribution in [0.15, 0.2) is 114 Å². The number of fused-ring (bicyclic) bond motifs is 1. The Labute approximate surface area is 203 Å². The minimum atomic E-state index is -3.66. The molecule has 0 radical (unpaired) electrons. The fraction of sp³-hybridized carbons (Fsp3) is 0.172. The summed E-state index contributed by atoms with van der Waals surface area (Å²) in [5, 5.41) is 2.62. The molecule has 0 fully saturated rings. The molecule has 34 heavy (non-hydrogen) atoms. The first-order valence-corrected chi connectivity index (χ1v) is 14.4. The Hall–Kier alpha value is -2.94. The second kappa shape index (κ2) is 9.02. The fourth-order valence-electron chi connectivity index (χ4n) is 4.77. The summed E-state index contributed by atoms with van der Waals surface area (Å²) in [6.07, 6.45) is 0.868. The Balaban J connectivity index is 1.57. The van der Waals surface area contributed by atoms with Crippen molar-refractivity contribution in [3.05, 3.63) is 120 Å². The van der Waals surface area contributed by atoms with Crippen molar-refractivity contribution in [3.8, 4) is 0 Å². The lowest BCUT2D eigenvalue weighted by Gasteiger charge is -2.31. The van der Waals surface area contributed by atoms with Crippen LogP contribution in [0.1, 0.15) is 18.1 Å². The lowest BCUT2D eigenvalue weighted by Crippen LogP contribution is -2.38. The van der Waals surface area contributed by atoms with Gasteiger partial charge in [0.2, 0.25) is 0 Å². The average molecular weight is 486 g/mol. The largest absolute Gasteiger partial charge is 0.265 e. The predicted molar refractivity (Wildman–Crippen MR) is 143 cm³/mol. The van der Waals surface area contributed by atoms with E-state index in [4.69, 9.17) is 0 Å². The summed E-state index contributed by atoms with van der Waals surface area (Å²) in [7, 11) is -4.33. The highest BCUT2D eigenvalue weighted by molar-refractivity contribution is 7.92. The first-order chi connectivity index (χ1) is 16.4. The number of benzene rings is 4. The predicted octanol–water partition coefficient (Wildman–Crippen LogP) is 5.59. The molecule has 0 amide bonds. The summed E-state index contributed by atoms with van der Waals surface area (Å²) in [6, 6.07) is 36.4. The van der Waals surface area contributed by atoms with Gasteiger partial charge >= 0.3 is 0 Å². The molecule has 1 atom stereocenters. The van der Waals surface area contributed by atoms with Crippen LogP contribution in [0, 0.1) is 6.92 Å². The summed E-state index contributed by atoms with van der Waals surface area (Å²) in [5.41, 5.74) is 2.62. The van der Waals surface area contributed by atoms with Gasteiger partial charge in [0, 0.05) is 12.0 Å². The second-order valence-electron chi connectivity index (χ2n) is 9.16. The van der Waals surface area contributed by atoms with Crippen LogP contribution in [-0.2, 0) is 15.4 Å². The Kier molecular flexibility index (Phi) is 6.06. The van der Waals surface area contributed by atoms with Gasteiger partial charge in [0.1, 0.15) is 0 Å². The van der Waals surface area contributed by atoms with Crippen molar-refractivity contribution >= 4 is 34.2 Å². The monoisotopic (exact) mass is 485 g/mol. The minimum Gasteiger partial charge on any atom is -0.265 e. The van der Waals surface area contributed by atoms with Crippen LogP contribution in [-0.4, -0.2) is 21.1 Å². The molecule has 0 bridgehead atoms. The third-order valence-corrected chi connectivity index (χ3v) is 11.2. The van der Waals surface area contributed by atoms with Gasteiger partial charge in [0.25, 0.3) is 10.0 Å². The first kappa shape index (κ1) is 22.8. The molecule has 172 valence electrons. The average Bonchev–Trinajstić information content (AvgIpc) is 3.18. The molecule has 0 aliphatic carbocycles. The van der Waals surface area contributed by atoms with Crippen LogP contribution in [0.4, 0.5) is 5.69 Å². The van der Waals surface area contributed by atoms with E-state index in [1.54, 1.807) is 16.4 Å². The van der Waals surface area contributed by atoms with E-state index in [9.17, 15) is 8.42 Å². The van der Waals surface area contributed by atoms with Crippen molar-refractivity contribution in [1.82, 2.24) is 0 Å². The Bertz CT molecular complexity index is 1350. The number of hydrogen-bond donors (Lipinski definition) is 0. The molecule has 0 saturated carbocycles. The van der Waals surface area contributed by atoms with Gasteiger partial charge in [-0.15, -0.1) is 0 Å². The topological polar surface area (TPSA) is 37.4 Å². The summed E-state index contributed by atoms with van der Waals surface area (Å²) >= 11 is 0. The molecular formula is C29H28NO2PS. The van der Waals surface area contributed by atoms with Crippen molar-refractivity contribution in [3.63, 3.8) is 0 Å². The molecule has 0 spiro atoms. The Morgan fingerprint density at radius 2 is 1.29 bits per heavy atom. The molecule has 0 N–H and O–H groups in total. The van der Waals surface area contributed by atoms with E-state index in [0.29, 0.717) is 11.4 Å². The van der Waals surface area contributed by atoms with Gasteiger partial charge in [-0.2, -0.15) is 0 Å². The van der Waals surface area contributed by atoms with E-state index in [1.165, 1.54) is 10.6 Å². The zero-order chi connectivity index (χ0) is 23.8. The van der Waals surface area contributed by atoms with Gasteiger partial charge in [-0.3, -0.25) is 4.31 Å². The molecule has 4 aromatic rings. The van der Waals surface area contributed by atoms with Gasteiger partial charge in [0.05, 0.1) is 10.6 Å². The maximum Gasteiger partial charge on any atom is 0.264 e. The molecule has 5 rings (SSSR count). The summed E-state index contributed by atoms with van der Waals surface area (Å²) in [6.45, 7) is 4.62.